The van der Waals surface area contributed by atoms with Crippen molar-refractivity contribution in [1.29, 1.82) is 0 Å². The smallest absolute Gasteiger partial charge is 0.250 e. The number of aliphatic hydroxyl groups is 1. The lowest BCUT2D eigenvalue weighted by Crippen LogP contribution is -2.15. The van der Waals surface area contributed by atoms with Gasteiger partial charge in [-0.15, -0.1) is 0 Å². The average molecular weight is 511 g/mol. The van der Waals surface area contributed by atoms with Crippen LogP contribution in [0.5, 0.6) is 0 Å². The van der Waals surface area contributed by atoms with E-state index in [9.17, 15) is 9.59 Å². The van der Waals surface area contributed by atoms with Crippen LogP contribution in [-0.4, -0.2) is 45.0 Å². The first kappa shape index (κ1) is 24.5. The average Bonchev–Trinajstić information content (AvgIpc) is 3.39. The Morgan fingerprint density at radius 2 is 2.14 bits per heavy atom. The lowest BCUT2D eigenvalue weighted by atomic mass is 9.95. The summed E-state index contributed by atoms with van der Waals surface area (Å²) in [4.78, 5) is 32.7. The Morgan fingerprint density at radius 3 is 2.80 bits per heavy atom. The van der Waals surface area contributed by atoms with Gasteiger partial charge in [0.15, 0.2) is 5.13 Å². The van der Waals surface area contributed by atoms with Crippen LogP contribution in [0.1, 0.15) is 30.8 Å². The second-order valence-electron chi connectivity index (χ2n) is 7.70. The Kier molecular flexibility index (Phi) is 7.25. The molecule has 3 N–H and O–H groups in total. The molecule has 1 aliphatic carbocycles. The standard InChI is InChI=1S/C24H23ClN6O3S/c1-4-5-14(11-26-3)21-16-7-8-18-23(35-24(29-18)27-13(2)33)22(16)31(30-21)19-9-6-15(10-17(19)25)28-20(34)12-32/h4-6,9-11,32H,3,7-8,12H2,1-2H3,(H,28,34)(H,27,29,33)/b5-4-,14-11+. The van der Waals surface area contributed by atoms with Gasteiger partial charge in [-0.2, -0.15) is 5.10 Å². The molecule has 0 saturated heterocycles. The van der Waals surface area contributed by atoms with E-state index in [4.69, 9.17) is 21.8 Å². The van der Waals surface area contributed by atoms with Gasteiger partial charge in [-0.1, -0.05) is 35.1 Å². The molecule has 0 fully saturated rings. The Morgan fingerprint density at radius 1 is 1.34 bits per heavy atom. The topological polar surface area (TPSA) is 122 Å². The Hall–Kier alpha value is -3.60. The predicted octanol–water partition coefficient (Wildman–Crippen LogP) is 4.25. The predicted molar refractivity (Wildman–Crippen MR) is 139 cm³/mol. The highest BCUT2D eigenvalue weighted by molar-refractivity contribution is 7.19. The van der Waals surface area contributed by atoms with E-state index in [0.29, 0.717) is 34.4 Å². The molecule has 2 aromatic heterocycles. The van der Waals surface area contributed by atoms with E-state index in [1.807, 2.05) is 19.1 Å². The number of allylic oxidation sites excluding steroid dienone is 3. The molecule has 11 heteroatoms. The van der Waals surface area contributed by atoms with E-state index in [1.54, 1.807) is 29.1 Å². The highest BCUT2D eigenvalue weighted by atomic mass is 35.5. The van der Waals surface area contributed by atoms with Gasteiger partial charge in [-0.05, 0) is 44.7 Å². The summed E-state index contributed by atoms with van der Waals surface area (Å²) < 4.78 is 1.76. The van der Waals surface area contributed by atoms with Crippen molar-refractivity contribution < 1.29 is 14.7 Å². The van der Waals surface area contributed by atoms with Crippen molar-refractivity contribution in [3.8, 4) is 16.3 Å². The van der Waals surface area contributed by atoms with Crippen molar-refractivity contribution in [2.75, 3.05) is 17.2 Å². The second kappa shape index (κ2) is 10.3. The van der Waals surface area contributed by atoms with Crippen molar-refractivity contribution in [2.45, 2.75) is 26.7 Å². The highest BCUT2D eigenvalue weighted by Gasteiger charge is 2.30. The quantitative estimate of drug-likeness (QED) is 0.324. The maximum Gasteiger partial charge on any atom is 0.250 e. The Bertz CT molecular complexity index is 1390. The fourth-order valence-corrected chi connectivity index (χ4v) is 5.27. The Labute approximate surface area is 210 Å². The number of nitrogens with zero attached hydrogens (tertiary/aromatic N) is 4. The van der Waals surface area contributed by atoms with Crippen molar-refractivity contribution in [1.82, 2.24) is 14.8 Å². The summed E-state index contributed by atoms with van der Waals surface area (Å²) in [5.74, 6) is -0.727. The molecule has 2 heterocycles. The number of halogens is 1. The molecular formula is C24H23ClN6O3S. The number of carbonyl (C=O) groups is 2. The number of aromatic nitrogens is 3. The number of aryl methyl sites for hydroxylation is 1. The van der Waals surface area contributed by atoms with Crippen LogP contribution in [0.3, 0.4) is 0 Å². The number of aliphatic hydroxyl groups excluding tert-OH is 1. The van der Waals surface area contributed by atoms with Gasteiger partial charge < -0.3 is 15.7 Å². The third-order valence-electron chi connectivity index (χ3n) is 5.24. The van der Waals surface area contributed by atoms with Crippen LogP contribution in [0.25, 0.3) is 21.8 Å². The zero-order valence-electron chi connectivity index (χ0n) is 19.1. The SMILES string of the molecule is C=N/C=C(\C=C/C)c1nn(-c2ccc(NC(=O)CO)cc2Cl)c2c1CCc1nc(NC(C)=O)sc1-2. The summed E-state index contributed by atoms with van der Waals surface area (Å²) in [6, 6.07) is 5.04. The van der Waals surface area contributed by atoms with Gasteiger partial charge in [0.1, 0.15) is 6.61 Å². The van der Waals surface area contributed by atoms with Crippen molar-refractivity contribution in [3.05, 3.63) is 58.5 Å². The fourth-order valence-electron chi connectivity index (χ4n) is 3.90. The molecule has 0 aliphatic heterocycles. The molecular weight excluding hydrogens is 488 g/mol. The zero-order chi connectivity index (χ0) is 25.1. The number of rotatable bonds is 7. The van der Waals surface area contributed by atoms with Crippen LogP contribution in [0.15, 0.2) is 41.5 Å². The van der Waals surface area contributed by atoms with Gasteiger partial charge in [-0.3, -0.25) is 14.6 Å². The third-order valence-corrected chi connectivity index (χ3v) is 6.57. The van der Waals surface area contributed by atoms with Gasteiger partial charge in [0.05, 0.1) is 32.7 Å². The summed E-state index contributed by atoms with van der Waals surface area (Å²) in [6.45, 7) is 6.32. The number of nitrogens with one attached hydrogen (secondary N) is 2. The molecule has 0 atom stereocenters. The number of hydrogen-bond acceptors (Lipinski definition) is 7. The zero-order valence-corrected chi connectivity index (χ0v) is 20.7. The molecule has 35 heavy (non-hydrogen) atoms. The van der Waals surface area contributed by atoms with E-state index in [-0.39, 0.29) is 5.91 Å². The van der Waals surface area contributed by atoms with Crippen LogP contribution >= 0.6 is 22.9 Å². The summed E-state index contributed by atoms with van der Waals surface area (Å²) >= 11 is 8.03. The van der Waals surface area contributed by atoms with Gasteiger partial charge in [0.25, 0.3) is 0 Å². The fraction of sp³-hybridized carbons (Fsp3) is 0.208. The van der Waals surface area contributed by atoms with Gasteiger partial charge in [0, 0.05) is 29.9 Å². The van der Waals surface area contributed by atoms with E-state index < -0.39 is 12.5 Å². The minimum Gasteiger partial charge on any atom is -0.387 e. The molecule has 1 aromatic carbocycles. The van der Waals surface area contributed by atoms with E-state index in [2.05, 4.69) is 27.3 Å². The normalized spacial score (nSPS) is 12.9. The number of anilines is 2. The van der Waals surface area contributed by atoms with Crippen molar-refractivity contribution in [3.63, 3.8) is 0 Å². The highest BCUT2D eigenvalue weighted by Crippen LogP contribution is 2.44. The molecule has 2 amide bonds. The molecule has 180 valence electrons. The molecule has 3 aromatic rings. The summed E-state index contributed by atoms with van der Waals surface area (Å²) in [7, 11) is 0. The van der Waals surface area contributed by atoms with E-state index in [1.165, 1.54) is 18.3 Å². The third kappa shape index (κ3) is 4.95. The first-order valence-electron chi connectivity index (χ1n) is 10.8. The largest absolute Gasteiger partial charge is 0.387 e. The first-order valence-corrected chi connectivity index (χ1v) is 11.9. The number of amides is 2. The number of fused-ring (bicyclic) bond motifs is 3. The lowest BCUT2D eigenvalue weighted by molar-refractivity contribution is -0.118. The Balaban J connectivity index is 1.92. The van der Waals surface area contributed by atoms with E-state index in [0.717, 1.165) is 33.1 Å². The minimum absolute atomic E-state index is 0.190. The van der Waals surface area contributed by atoms with Crippen molar-refractivity contribution >= 4 is 57.9 Å². The van der Waals surface area contributed by atoms with Crippen LogP contribution in [0.2, 0.25) is 5.02 Å². The minimum atomic E-state index is -0.627. The summed E-state index contributed by atoms with van der Waals surface area (Å²) in [5.41, 5.74) is 5.33. The van der Waals surface area contributed by atoms with Gasteiger partial charge in [0.2, 0.25) is 11.8 Å². The first-order chi connectivity index (χ1) is 16.9. The van der Waals surface area contributed by atoms with Crippen LogP contribution in [0, 0.1) is 0 Å². The molecule has 9 nitrogen and oxygen atoms in total. The lowest BCUT2D eigenvalue weighted by Gasteiger charge is -2.15. The number of benzene rings is 1. The molecule has 4 rings (SSSR count). The van der Waals surface area contributed by atoms with Gasteiger partial charge >= 0.3 is 0 Å². The molecule has 0 spiro atoms. The van der Waals surface area contributed by atoms with E-state index >= 15 is 0 Å². The van der Waals surface area contributed by atoms with Crippen LogP contribution in [-0.2, 0) is 22.4 Å². The maximum atomic E-state index is 11.6. The molecule has 1 aliphatic rings. The summed E-state index contributed by atoms with van der Waals surface area (Å²) in [5, 5.41) is 20.2. The molecule has 0 unspecified atom stereocenters. The number of carbonyl (C=O) groups excluding carboxylic acids is 2. The monoisotopic (exact) mass is 510 g/mol. The van der Waals surface area contributed by atoms with Crippen LogP contribution < -0.4 is 10.6 Å². The second-order valence-corrected chi connectivity index (χ2v) is 9.11. The van der Waals surface area contributed by atoms with Gasteiger partial charge in [-0.25, -0.2) is 9.67 Å². The van der Waals surface area contributed by atoms with Crippen molar-refractivity contribution in [2.24, 2.45) is 4.99 Å². The molecule has 0 radical (unpaired) electrons. The summed E-state index contributed by atoms with van der Waals surface area (Å²) in [6.07, 6.45) is 6.87. The maximum absolute atomic E-state index is 11.6. The number of hydrogen-bond donors (Lipinski definition) is 3. The van der Waals surface area contributed by atoms with Crippen LogP contribution in [0.4, 0.5) is 10.8 Å². The number of thiazole rings is 1. The molecule has 0 saturated carbocycles. The molecule has 0 bridgehead atoms. The number of aliphatic imine (C=N–C) groups is 1.